The first-order valence-electron chi connectivity index (χ1n) is 4.22. The van der Waals surface area contributed by atoms with Crippen LogP contribution in [-0.2, 0) is 0 Å². The number of rotatable bonds is 4. The van der Waals surface area contributed by atoms with Crippen LogP contribution >= 0.6 is 0 Å². The molecule has 0 aromatic heterocycles. The average Bonchev–Trinajstić information content (AvgIpc) is 1.85. The molecule has 0 amide bonds. The summed E-state index contributed by atoms with van der Waals surface area (Å²) in [5.74, 6) is 1.70. The first kappa shape index (κ1) is 9.96. The Morgan fingerprint density at radius 1 is 1.10 bits per heavy atom. The molecule has 0 N–H and O–H groups in total. The average molecular weight is 143 g/mol. The van der Waals surface area contributed by atoms with Crippen molar-refractivity contribution in [1.29, 1.82) is 0 Å². The quantitative estimate of drug-likeness (QED) is 0.583. The fraction of sp³-hybridized carbons (Fsp3) is 1.00. The van der Waals surface area contributed by atoms with Crippen LogP contribution in [0.3, 0.4) is 0 Å². The van der Waals surface area contributed by atoms with E-state index in [9.17, 15) is 0 Å². The lowest BCUT2D eigenvalue weighted by atomic mass is 9.93. The molecule has 0 aliphatic carbocycles. The maximum absolute atomic E-state index is 2.33. The SMILES string of the molecule is CC[C@@H](C)[C@@H](C)CN(C)C. The van der Waals surface area contributed by atoms with Gasteiger partial charge in [-0.1, -0.05) is 27.2 Å². The Morgan fingerprint density at radius 3 is 1.90 bits per heavy atom. The monoisotopic (exact) mass is 143 g/mol. The van der Waals surface area contributed by atoms with Gasteiger partial charge in [-0.05, 0) is 25.9 Å². The lowest BCUT2D eigenvalue weighted by Gasteiger charge is -2.21. The molecule has 0 saturated heterocycles. The van der Waals surface area contributed by atoms with Gasteiger partial charge in [-0.2, -0.15) is 0 Å². The predicted octanol–water partition coefficient (Wildman–Crippen LogP) is 2.23. The van der Waals surface area contributed by atoms with Gasteiger partial charge < -0.3 is 4.90 Å². The van der Waals surface area contributed by atoms with Gasteiger partial charge in [-0.3, -0.25) is 0 Å². The largest absolute Gasteiger partial charge is 0.309 e. The zero-order valence-electron chi connectivity index (χ0n) is 8.02. The smallest absolute Gasteiger partial charge is 0.000346 e. The molecular weight excluding hydrogens is 122 g/mol. The Labute approximate surface area is 65.4 Å². The van der Waals surface area contributed by atoms with Crippen LogP contribution in [0.2, 0.25) is 0 Å². The molecule has 0 aromatic rings. The number of hydrogen-bond donors (Lipinski definition) is 0. The third kappa shape index (κ3) is 3.89. The van der Waals surface area contributed by atoms with Gasteiger partial charge in [0.1, 0.15) is 0 Å². The van der Waals surface area contributed by atoms with E-state index < -0.39 is 0 Å². The first-order valence-corrected chi connectivity index (χ1v) is 4.22. The van der Waals surface area contributed by atoms with Crippen LogP contribution in [0, 0.1) is 11.8 Å². The van der Waals surface area contributed by atoms with Crippen molar-refractivity contribution in [2.45, 2.75) is 27.2 Å². The number of hydrogen-bond acceptors (Lipinski definition) is 1. The molecule has 0 saturated carbocycles. The molecule has 0 heterocycles. The van der Waals surface area contributed by atoms with Crippen LogP contribution in [0.5, 0.6) is 0 Å². The molecule has 0 unspecified atom stereocenters. The summed E-state index contributed by atoms with van der Waals surface area (Å²) in [4.78, 5) is 2.26. The maximum Gasteiger partial charge on any atom is 0.000346 e. The van der Waals surface area contributed by atoms with Crippen molar-refractivity contribution >= 4 is 0 Å². The van der Waals surface area contributed by atoms with Crippen molar-refractivity contribution in [3.05, 3.63) is 0 Å². The van der Waals surface area contributed by atoms with E-state index in [1.165, 1.54) is 13.0 Å². The summed E-state index contributed by atoms with van der Waals surface area (Å²) in [6, 6.07) is 0. The highest BCUT2D eigenvalue weighted by Crippen LogP contribution is 2.14. The Balaban J connectivity index is 3.50. The van der Waals surface area contributed by atoms with E-state index in [0.29, 0.717) is 0 Å². The van der Waals surface area contributed by atoms with Crippen molar-refractivity contribution in [1.82, 2.24) is 4.90 Å². The van der Waals surface area contributed by atoms with Crippen LogP contribution in [-0.4, -0.2) is 25.5 Å². The Bertz CT molecular complexity index is 78.8. The summed E-state index contributed by atoms with van der Waals surface area (Å²) in [7, 11) is 4.28. The lowest BCUT2D eigenvalue weighted by Crippen LogP contribution is -2.23. The first-order chi connectivity index (χ1) is 4.57. The second-order valence-corrected chi connectivity index (χ2v) is 3.63. The van der Waals surface area contributed by atoms with Crippen LogP contribution in [0.15, 0.2) is 0 Å². The summed E-state index contributed by atoms with van der Waals surface area (Å²) < 4.78 is 0. The van der Waals surface area contributed by atoms with Crippen LogP contribution in [0.4, 0.5) is 0 Å². The third-order valence-electron chi connectivity index (χ3n) is 2.27. The van der Waals surface area contributed by atoms with Gasteiger partial charge in [0, 0.05) is 6.54 Å². The zero-order valence-corrected chi connectivity index (χ0v) is 8.02. The van der Waals surface area contributed by atoms with Gasteiger partial charge in [0.2, 0.25) is 0 Å². The molecule has 0 aliphatic rings. The highest BCUT2D eigenvalue weighted by atomic mass is 15.1. The van der Waals surface area contributed by atoms with Gasteiger partial charge in [0.25, 0.3) is 0 Å². The van der Waals surface area contributed by atoms with Gasteiger partial charge in [0.05, 0.1) is 0 Å². The van der Waals surface area contributed by atoms with Crippen molar-refractivity contribution in [3.8, 4) is 0 Å². The fourth-order valence-electron chi connectivity index (χ4n) is 1.16. The van der Waals surface area contributed by atoms with E-state index in [0.717, 1.165) is 11.8 Å². The predicted molar refractivity (Wildman–Crippen MR) is 47.2 cm³/mol. The molecule has 0 aliphatic heterocycles. The van der Waals surface area contributed by atoms with Gasteiger partial charge >= 0.3 is 0 Å². The minimum absolute atomic E-state index is 0.833. The topological polar surface area (TPSA) is 3.24 Å². The molecule has 0 radical (unpaired) electrons. The van der Waals surface area contributed by atoms with Gasteiger partial charge in [-0.25, -0.2) is 0 Å². The Morgan fingerprint density at radius 2 is 1.60 bits per heavy atom. The molecule has 0 bridgehead atoms. The van der Waals surface area contributed by atoms with E-state index >= 15 is 0 Å². The van der Waals surface area contributed by atoms with E-state index in [4.69, 9.17) is 0 Å². The molecule has 1 heteroatoms. The molecule has 0 spiro atoms. The van der Waals surface area contributed by atoms with Crippen molar-refractivity contribution in [3.63, 3.8) is 0 Å². The lowest BCUT2D eigenvalue weighted by molar-refractivity contribution is 0.270. The van der Waals surface area contributed by atoms with E-state index in [1.54, 1.807) is 0 Å². The molecule has 0 rings (SSSR count). The second kappa shape index (κ2) is 4.73. The summed E-state index contributed by atoms with van der Waals surface area (Å²) >= 11 is 0. The Hall–Kier alpha value is -0.0400. The van der Waals surface area contributed by atoms with Gasteiger partial charge in [0.15, 0.2) is 0 Å². The molecular formula is C9H21N. The minimum atomic E-state index is 0.833. The van der Waals surface area contributed by atoms with E-state index in [-0.39, 0.29) is 0 Å². The molecule has 10 heavy (non-hydrogen) atoms. The van der Waals surface area contributed by atoms with E-state index in [1.807, 2.05) is 0 Å². The minimum Gasteiger partial charge on any atom is -0.309 e. The highest BCUT2D eigenvalue weighted by molar-refractivity contribution is 4.62. The molecule has 2 atom stereocenters. The summed E-state index contributed by atoms with van der Waals surface area (Å²) in [6.07, 6.45) is 1.30. The van der Waals surface area contributed by atoms with Crippen molar-refractivity contribution in [2.24, 2.45) is 11.8 Å². The van der Waals surface area contributed by atoms with Crippen molar-refractivity contribution < 1.29 is 0 Å². The fourth-order valence-corrected chi connectivity index (χ4v) is 1.16. The van der Waals surface area contributed by atoms with Gasteiger partial charge in [-0.15, -0.1) is 0 Å². The van der Waals surface area contributed by atoms with E-state index in [2.05, 4.69) is 39.8 Å². The molecule has 1 nitrogen and oxygen atoms in total. The highest BCUT2D eigenvalue weighted by Gasteiger charge is 2.09. The van der Waals surface area contributed by atoms with Crippen LogP contribution in [0.25, 0.3) is 0 Å². The normalized spacial score (nSPS) is 17.4. The Kier molecular flexibility index (Phi) is 4.71. The molecule has 62 valence electrons. The number of nitrogens with zero attached hydrogens (tertiary/aromatic N) is 1. The second-order valence-electron chi connectivity index (χ2n) is 3.63. The summed E-state index contributed by atoms with van der Waals surface area (Å²) in [5, 5.41) is 0. The summed E-state index contributed by atoms with van der Waals surface area (Å²) in [5.41, 5.74) is 0. The third-order valence-corrected chi connectivity index (χ3v) is 2.27. The standard InChI is InChI=1S/C9H21N/c1-6-8(2)9(3)7-10(4)5/h8-9H,6-7H2,1-5H3/t8-,9+/m1/s1. The van der Waals surface area contributed by atoms with Crippen LogP contribution < -0.4 is 0 Å². The zero-order chi connectivity index (χ0) is 8.15. The maximum atomic E-state index is 2.33. The van der Waals surface area contributed by atoms with Crippen molar-refractivity contribution in [2.75, 3.05) is 20.6 Å². The van der Waals surface area contributed by atoms with Crippen LogP contribution in [0.1, 0.15) is 27.2 Å². The molecule has 0 aromatic carbocycles. The summed E-state index contributed by atoms with van der Waals surface area (Å²) in [6.45, 7) is 8.13. The molecule has 0 fully saturated rings.